The average molecular weight is 352 g/mol. The van der Waals surface area contributed by atoms with Crippen molar-refractivity contribution in [3.8, 4) is 0 Å². The van der Waals surface area contributed by atoms with Crippen molar-refractivity contribution >= 4 is 17.4 Å². The molecule has 0 spiro atoms. The van der Waals surface area contributed by atoms with Crippen LogP contribution in [0.5, 0.6) is 0 Å². The van der Waals surface area contributed by atoms with Gasteiger partial charge in [-0.1, -0.05) is 6.07 Å². The van der Waals surface area contributed by atoms with Crippen LogP contribution in [0.3, 0.4) is 0 Å². The Hall–Kier alpha value is -2.64. The minimum atomic E-state index is -4.47. The largest absolute Gasteiger partial charge is 0.416 e. The van der Waals surface area contributed by atoms with Gasteiger partial charge < -0.3 is 10.2 Å². The van der Waals surface area contributed by atoms with Crippen LogP contribution in [0.15, 0.2) is 30.3 Å². The summed E-state index contributed by atoms with van der Waals surface area (Å²) in [6.07, 6.45) is -4.47. The van der Waals surface area contributed by atoms with Gasteiger partial charge in [0.15, 0.2) is 0 Å². The van der Waals surface area contributed by atoms with Crippen molar-refractivity contribution < 1.29 is 18.0 Å². The summed E-state index contributed by atoms with van der Waals surface area (Å²) in [4.78, 5) is 22.7. The smallest absolute Gasteiger partial charge is 0.357 e. The summed E-state index contributed by atoms with van der Waals surface area (Å²) in [5.74, 6) is 0.434. The monoisotopic (exact) mass is 352 g/mol. The number of nitrogens with zero attached hydrogens (tertiary/aromatic N) is 3. The molecule has 25 heavy (non-hydrogen) atoms. The van der Waals surface area contributed by atoms with E-state index in [0.717, 1.165) is 12.1 Å². The molecule has 0 saturated carbocycles. The molecule has 134 valence electrons. The van der Waals surface area contributed by atoms with E-state index in [-0.39, 0.29) is 11.4 Å². The first-order chi connectivity index (χ1) is 11.7. The summed E-state index contributed by atoms with van der Waals surface area (Å²) >= 11 is 0. The fraction of sp³-hybridized carbons (Fsp3) is 0.353. The van der Waals surface area contributed by atoms with E-state index >= 15 is 0 Å². The maximum absolute atomic E-state index is 12.8. The molecule has 0 aliphatic rings. The first-order valence-corrected chi connectivity index (χ1v) is 7.83. The number of nitrogens with one attached hydrogen (secondary N) is 1. The minimum Gasteiger partial charge on any atom is -0.357 e. The highest BCUT2D eigenvalue weighted by atomic mass is 19.4. The molecular weight excluding hydrogens is 333 g/mol. The molecule has 1 N–H and O–H groups in total. The van der Waals surface area contributed by atoms with Crippen molar-refractivity contribution in [2.45, 2.75) is 26.9 Å². The second kappa shape index (κ2) is 7.50. The normalized spacial score (nSPS) is 11.3. The number of benzene rings is 1. The van der Waals surface area contributed by atoms with Gasteiger partial charge in [0.25, 0.3) is 5.91 Å². The van der Waals surface area contributed by atoms with Crippen molar-refractivity contribution in [1.29, 1.82) is 0 Å². The topological polar surface area (TPSA) is 58.1 Å². The van der Waals surface area contributed by atoms with E-state index in [1.165, 1.54) is 18.2 Å². The van der Waals surface area contributed by atoms with Crippen LogP contribution in [0.2, 0.25) is 0 Å². The van der Waals surface area contributed by atoms with Crippen LogP contribution in [0.4, 0.5) is 24.7 Å². The van der Waals surface area contributed by atoms with Crippen LogP contribution in [0.25, 0.3) is 0 Å². The Bertz CT molecular complexity index is 758. The Kier molecular flexibility index (Phi) is 5.61. The van der Waals surface area contributed by atoms with Crippen LogP contribution in [0.1, 0.15) is 35.7 Å². The first-order valence-electron chi connectivity index (χ1n) is 7.83. The van der Waals surface area contributed by atoms with Crippen molar-refractivity contribution in [3.63, 3.8) is 0 Å². The van der Waals surface area contributed by atoms with Gasteiger partial charge in [-0.2, -0.15) is 13.2 Å². The van der Waals surface area contributed by atoms with Crippen LogP contribution < -0.4 is 10.2 Å². The molecule has 0 atom stereocenters. The summed E-state index contributed by atoms with van der Waals surface area (Å²) < 4.78 is 38.3. The number of carbonyl (C=O) groups excluding carboxylic acids is 1. The lowest BCUT2D eigenvalue weighted by atomic mass is 10.2. The highest BCUT2D eigenvalue weighted by Gasteiger charge is 2.30. The van der Waals surface area contributed by atoms with Gasteiger partial charge in [-0.25, -0.2) is 9.97 Å². The number of aromatic nitrogens is 2. The SMILES string of the molecule is CCN(CC)c1cc(C(=O)Nc2cccc(C(F)(F)F)c2)nc(C)n1. The van der Waals surface area contributed by atoms with Gasteiger partial charge >= 0.3 is 6.18 Å². The van der Waals surface area contributed by atoms with E-state index in [0.29, 0.717) is 24.7 Å². The van der Waals surface area contributed by atoms with Crippen LogP contribution in [0, 0.1) is 6.92 Å². The number of carbonyl (C=O) groups is 1. The van der Waals surface area contributed by atoms with Crippen molar-refractivity contribution in [2.24, 2.45) is 0 Å². The second-order valence-electron chi connectivity index (χ2n) is 5.36. The second-order valence-corrected chi connectivity index (χ2v) is 5.36. The Morgan fingerprint density at radius 3 is 2.44 bits per heavy atom. The summed E-state index contributed by atoms with van der Waals surface area (Å²) in [6.45, 7) is 7.00. The molecule has 2 aromatic rings. The van der Waals surface area contributed by atoms with E-state index < -0.39 is 17.6 Å². The maximum atomic E-state index is 12.8. The van der Waals surface area contributed by atoms with Gasteiger partial charge in [0.05, 0.1) is 5.56 Å². The number of hydrogen-bond acceptors (Lipinski definition) is 4. The Morgan fingerprint density at radius 2 is 1.84 bits per heavy atom. The number of alkyl halides is 3. The molecule has 5 nitrogen and oxygen atoms in total. The molecule has 0 saturated heterocycles. The molecule has 1 aromatic heterocycles. The molecule has 0 aliphatic heterocycles. The summed E-state index contributed by atoms with van der Waals surface area (Å²) in [5, 5.41) is 2.45. The molecule has 0 fully saturated rings. The maximum Gasteiger partial charge on any atom is 0.416 e. The van der Waals surface area contributed by atoms with E-state index in [9.17, 15) is 18.0 Å². The van der Waals surface area contributed by atoms with Crippen LogP contribution >= 0.6 is 0 Å². The molecule has 0 radical (unpaired) electrons. The third-order valence-electron chi connectivity index (χ3n) is 3.59. The quantitative estimate of drug-likeness (QED) is 0.887. The zero-order chi connectivity index (χ0) is 18.6. The average Bonchev–Trinajstić information content (AvgIpc) is 2.55. The molecule has 8 heteroatoms. The molecule has 1 amide bonds. The number of aryl methyl sites for hydroxylation is 1. The molecule has 0 bridgehead atoms. The fourth-order valence-electron chi connectivity index (χ4n) is 2.35. The van der Waals surface area contributed by atoms with Crippen molar-refractivity contribution in [3.05, 3.63) is 47.4 Å². The van der Waals surface area contributed by atoms with Gasteiger partial charge in [-0.3, -0.25) is 4.79 Å². The predicted molar refractivity (Wildman–Crippen MR) is 89.7 cm³/mol. The Labute approximate surface area is 143 Å². The molecule has 1 heterocycles. The zero-order valence-electron chi connectivity index (χ0n) is 14.2. The molecule has 0 aliphatic carbocycles. The highest BCUT2D eigenvalue weighted by molar-refractivity contribution is 6.03. The van der Waals surface area contributed by atoms with Crippen molar-refractivity contribution in [1.82, 2.24) is 9.97 Å². The number of amides is 1. The van der Waals surface area contributed by atoms with E-state index in [4.69, 9.17) is 0 Å². The minimum absolute atomic E-state index is 0.0560. The van der Waals surface area contributed by atoms with Crippen LogP contribution in [-0.4, -0.2) is 29.0 Å². The van der Waals surface area contributed by atoms with Gasteiger partial charge in [-0.15, -0.1) is 0 Å². The third kappa shape index (κ3) is 4.68. The van der Waals surface area contributed by atoms with E-state index in [1.807, 2.05) is 18.7 Å². The number of rotatable bonds is 5. The number of hydrogen-bond donors (Lipinski definition) is 1. The molecule has 1 aromatic carbocycles. The lowest BCUT2D eigenvalue weighted by Gasteiger charge is -2.20. The Morgan fingerprint density at radius 1 is 1.16 bits per heavy atom. The lowest BCUT2D eigenvalue weighted by Crippen LogP contribution is -2.25. The number of halogens is 3. The van der Waals surface area contributed by atoms with E-state index in [1.54, 1.807) is 6.92 Å². The fourth-order valence-corrected chi connectivity index (χ4v) is 2.35. The van der Waals surface area contributed by atoms with Gasteiger partial charge in [0.1, 0.15) is 17.3 Å². The highest BCUT2D eigenvalue weighted by Crippen LogP contribution is 2.30. The molecule has 2 rings (SSSR count). The standard InChI is InChI=1S/C17H19F3N4O/c1-4-24(5-2)15-10-14(21-11(3)22-15)16(25)23-13-8-6-7-12(9-13)17(18,19)20/h6-10H,4-5H2,1-3H3,(H,23,25). The van der Waals surface area contributed by atoms with Gasteiger partial charge in [-0.05, 0) is 39.0 Å². The number of anilines is 2. The summed E-state index contributed by atoms with van der Waals surface area (Å²) in [5.41, 5.74) is -0.666. The molecular formula is C17H19F3N4O. The van der Waals surface area contributed by atoms with Gasteiger partial charge in [0, 0.05) is 24.8 Å². The third-order valence-corrected chi connectivity index (χ3v) is 3.59. The first kappa shape index (κ1) is 18.7. The van der Waals surface area contributed by atoms with E-state index in [2.05, 4.69) is 15.3 Å². The zero-order valence-corrected chi connectivity index (χ0v) is 14.2. The van der Waals surface area contributed by atoms with Crippen LogP contribution in [-0.2, 0) is 6.18 Å². The Balaban J connectivity index is 2.27. The summed E-state index contributed by atoms with van der Waals surface area (Å²) in [7, 11) is 0. The predicted octanol–water partition coefficient (Wildman–Crippen LogP) is 3.90. The molecule has 0 unspecified atom stereocenters. The van der Waals surface area contributed by atoms with Gasteiger partial charge in [0.2, 0.25) is 0 Å². The lowest BCUT2D eigenvalue weighted by molar-refractivity contribution is -0.137. The summed E-state index contributed by atoms with van der Waals surface area (Å²) in [6, 6.07) is 6.00. The van der Waals surface area contributed by atoms with Crippen molar-refractivity contribution in [2.75, 3.05) is 23.3 Å².